The maximum absolute atomic E-state index is 13.3. The minimum atomic E-state index is -1.01. The van der Waals surface area contributed by atoms with E-state index in [-0.39, 0.29) is 11.2 Å². The first-order valence-corrected chi connectivity index (χ1v) is 9.28. The van der Waals surface area contributed by atoms with Crippen molar-refractivity contribution < 1.29 is 18.7 Å². The molecule has 1 atom stereocenters. The van der Waals surface area contributed by atoms with E-state index in [1.807, 2.05) is 24.3 Å². The minimum Gasteiger partial charge on any atom is -0.467 e. The van der Waals surface area contributed by atoms with Crippen molar-refractivity contribution in [3.05, 3.63) is 84.1 Å². The molecule has 0 saturated heterocycles. The molecule has 0 aliphatic heterocycles. The second-order valence-electron chi connectivity index (χ2n) is 7.66. The zero-order valence-corrected chi connectivity index (χ0v) is 17.0. The van der Waals surface area contributed by atoms with Crippen LogP contribution in [0, 0.1) is 0 Å². The number of hydrogen-bond donors (Lipinski definition) is 0. The number of carbonyl (C=O) groups is 2. The van der Waals surface area contributed by atoms with Crippen molar-refractivity contribution in [2.24, 2.45) is 0 Å². The van der Waals surface area contributed by atoms with Crippen LogP contribution in [0.25, 0.3) is 0 Å². The van der Waals surface area contributed by atoms with E-state index in [0.29, 0.717) is 11.3 Å². The molecule has 2 heterocycles. The monoisotopic (exact) mass is 392 g/mol. The Labute approximate surface area is 170 Å². The molecule has 0 aliphatic rings. The highest BCUT2D eigenvalue weighted by Crippen LogP contribution is 2.32. The highest BCUT2D eigenvalue weighted by Gasteiger charge is 2.35. The van der Waals surface area contributed by atoms with E-state index < -0.39 is 17.9 Å². The van der Waals surface area contributed by atoms with Gasteiger partial charge >= 0.3 is 5.97 Å². The summed E-state index contributed by atoms with van der Waals surface area (Å²) >= 11 is 0. The Kier molecular flexibility index (Phi) is 5.82. The Bertz CT molecular complexity index is 958. The third-order valence-electron chi connectivity index (χ3n) is 4.65. The highest BCUT2D eigenvalue weighted by molar-refractivity contribution is 6.08. The van der Waals surface area contributed by atoms with Crippen molar-refractivity contribution in [2.75, 3.05) is 12.0 Å². The van der Waals surface area contributed by atoms with Crippen LogP contribution in [0.2, 0.25) is 0 Å². The molecule has 3 rings (SSSR count). The number of rotatable bonds is 5. The lowest BCUT2D eigenvalue weighted by molar-refractivity contribution is -0.142. The fourth-order valence-electron chi connectivity index (χ4n) is 3.06. The van der Waals surface area contributed by atoms with Gasteiger partial charge in [0.1, 0.15) is 0 Å². The third kappa shape index (κ3) is 4.37. The Balaban J connectivity index is 2.14. The van der Waals surface area contributed by atoms with Crippen molar-refractivity contribution in [1.82, 2.24) is 4.98 Å². The molecule has 0 aliphatic carbocycles. The van der Waals surface area contributed by atoms with Crippen LogP contribution < -0.4 is 4.90 Å². The largest absolute Gasteiger partial charge is 0.467 e. The molecule has 29 heavy (non-hydrogen) atoms. The molecular formula is C23H24N2O4. The standard InChI is InChI=1S/C23H24N2O4/c1-23(2,3)17-9-11-18(12-10-17)25(21(26)19-8-6-14-29-19)20(22(27)28-4)16-7-5-13-24-15-16/h5-15,20H,1-4H3. The summed E-state index contributed by atoms with van der Waals surface area (Å²) in [6.07, 6.45) is 4.58. The van der Waals surface area contributed by atoms with Crippen molar-refractivity contribution in [2.45, 2.75) is 32.2 Å². The van der Waals surface area contributed by atoms with Gasteiger partial charge in [-0.15, -0.1) is 0 Å². The van der Waals surface area contributed by atoms with Gasteiger partial charge in [0.2, 0.25) is 0 Å². The van der Waals surface area contributed by atoms with Crippen molar-refractivity contribution in [3.8, 4) is 0 Å². The summed E-state index contributed by atoms with van der Waals surface area (Å²) in [4.78, 5) is 31.6. The van der Waals surface area contributed by atoms with Gasteiger partial charge in [-0.05, 0) is 41.3 Å². The normalized spacial score (nSPS) is 12.3. The van der Waals surface area contributed by atoms with E-state index in [4.69, 9.17) is 9.15 Å². The average Bonchev–Trinajstić information content (AvgIpc) is 3.26. The number of furan rings is 1. The third-order valence-corrected chi connectivity index (χ3v) is 4.65. The molecule has 0 N–H and O–H groups in total. The molecule has 6 heteroatoms. The molecule has 6 nitrogen and oxygen atoms in total. The first kappa shape index (κ1) is 20.3. The van der Waals surface area contributed by atoms with E-state index in [1.165, 1.54) is 18.3 Å². The van der Waals surface area contributed by atoms with Gasteiger partial charge in [-0.1, -0.05) is 39.0 Å². The lowest BCUT2D eigenvalue weighted by atomic mass is 9.87. The Morgan fingerprint density at radius 1 is 1.07 bits per heavy atom. The summed E-state index contributed by atoms with van der Waals surface area (Å²) in [6.45, 7) is 6.34. The SMILES string of the molecule is COC(=O)C(c1cccnc1)N(C(=O)c1ccco1)c1ccc(C(C)(C)C)cc1. The molecule has 1 aromatic carbocycles. The Morgan fingerprint density at radius 3 is 2.31 bits per heavy atom. The zero-order chi connectivity index (χ0) is 21.0. The van der Waals surface area contributed by atoms with E-state index in [2.05, 4.69) is 25.8 Å². The van der Waals surface area contributed by atoms with Gasteiger partial charge in [0.15, 0.2) is 11.8 Å². The molecule has 0 fully saturated rings. The van der Waals surface area contributed by atoms with Crippen LogP contribution in [0.1, 0.15) is 48.5 Å². The lowest BCUT2D eigenvalue weighted by Crippen LogP contribution is -2.39. The van der Waals surface area contributed by atoms with Gasteiger partial charge in [-0.25, -0.2) is 4.79 Å². The lowest BCUT2D eigenvalue weighted by Gasteiger charge is -2.30. The highest BCUT2D eigenvalue weighted by atomic mass is 16.5. The summed E-state index contributed by atoms with van der Waals surface area (Å²) in [5, 5.41) is 0. The Morgan fingerprint density at radius 2 is 1.79 bits per heavy atom. The van der Waals surface area contributed by atoms with E-state index in [0.717, 1.165) is 5.56 Å². The second kappa shape index (κ2) is 8.31. The summed E-state index contributed by atoms with van der Waals surface area (Å²) in [7, 11) is 1.30. The van der Waals surface area contributed by atoms with Crippen molar-refractivity contribution in [3.63, 3.8) is 0 Å². The predicted molar refractivity (Wildman–Crippen MR) is 110 cm³/mol. The van der Waals surface area contributed by atoms with Crippen molar-refractivity contribution in [1.29, 1.82) is 0 Å². The maximum Gasteiger partial charge on any atom is 0.333 e. The van der Waals surface area contributed by atoms with Gasteiger partial charge in [-0.3, -0.25) is 14.7 Å². The number of hydrogen-bond acceptors (Lipinski definition) is 5. The van der Waals surface area contributed by atoms with Crippen LogP contribution in [-0.2, 0) is 14.9 Å². The van der Waals surface area contributed by atoms with Gasteiger partial charge in [0, 0.05) is 23.6 Å². The number of carbonyl (C=O) groups excluding carboxylic acids is 2. The number of pyridine rings is 1. The minimum absolute atomic E-state index is 0.0422. The molecule has 1 amide bonds. The smallest absolute Gasteiger partial charge is 0.333 e. The molecule has 150 valence electrons. The van der Waals surface area contributed by atoms with Gasteiger partial charge < -0.3 is 9.15 Å². The van der Waals surface area contributed by atoms with Crippen LogP contribution in [0.15, 0.2) is 71.6 Å². The van der Waals surface area contributed by atoms with Crippen LogP contribution in [0.5, 0.6) is 0 Å². The summed E-state index contributed by atoms with van der Waals surface area (Å²) in [5.74, 6) is -0.891. The molecule has 0 spiro atoms. The van der Waals surface area contributed by atoms with E-state index in [1.54, 1.807) is 36.7 Å². The van der Waals surface area contributed by atoms with Crippen LogP contribution in [-0.4, -0.2) is 24.0 Å². The van der Waals surface area contributed by atoms with Gasteiger partial charge in [0.25, 0.3) is 5.91 Å². The number of nitrogens with zero attached hydrogens (tertiary/aromatic N) is 2. The van der Waals surface area contributed by atoms with Crippen molar-refractivity contribution >= 4 is 17.6 Å². The fraction of sp³-hybridized carbons (Fsp3) is 0.261. The first-order chi connectivity index (χ1) is 13.8. The van der Waals surface area contributed by atoms with E-state index >= 15 is 0 Å². The number of ether oxygens (including phenoxy) is 1. The second-order valence-corrected chi connectivity index (χ2v) is 7.66. The molecular weight excluding hydrogens is 368 g/mol. The molecule has 0 bridgehead atoms. The van der Waals surface area contributed by atoms with E-state index in [9.17, 15) is 9.59 Å². The fourth-order valence-corrected chi connectivity index (χ4v) is 3.06. The molecule has 3 aromatic rings. The number of benzene rings is 1. The van der Waals surface area contributed by atoms with Crippen LogP contribution >= 0.6 is 0 Å². The van der Waals surface area contributed by atoms with Gasteiger partial charge in [-0.2, -0.15) is 0 Å². The summed E-state index contributed by atoms with van der Waals surface area (Å²) < 4.78 is 10.3. The molecule has 0 radical (unpaired) electrons. The summed E-state index contributed by atoms with van der Waals surface area (Å²) in [5.41, 5.74) is 2.17. The number of amides is 1. The zero-order valence-electron chi connectivity index (χ0n) is 17.0. The Hall–Kier alpha value is -3.41. The molecule has 2 aromatic heterocycles. The maximum atomic E-state index is 13.3. The topological polar surface area (TPSA) is 72.6 Å². The van der Waals surface area contributed by atoms with Crippen LogP contribution in [0.3, 0.4) is 0 Å². The number of esters is 1. The average molecular weight is 392 g/mol. The summed E-state index contributed by atoms with van der Waals surface area (Å²) in [6, 6.07) is 13.2. The number of anilines is 1. The van der Waals surface area contributed by atoms with Gasteiger partial charge in [0.05, 0.1) is 13.4 Å². The predicted octanol–water partition coefficient (Wildman–Crippen LogP) is 4.53. The number of aromatic nitrogens is 1. The molecule has 0 saturated carbocycles. The first-order valence-electron chi connectivity index (χ1n) is 9.28. The number of methoxy groups -OCH3 is 1. The van der Waals surface area contributed by atoms with Crippen LogP contribution in [0.4, 0.5) is 5.69 Å². The molecule has 1 unspecified atom stereocenters. The quantitative estimate of drug-likeness (QED) is 0.597.